The first-order valence-corrected chi connectivity index (χ1v) is 10.0. The molecule has 0 aliphatic rings. The van der Waals surface area contributed by atoms with E-state index in [0.29, 0.717) is 22.6 Å². The maximum Gasteiger partial charge on any atom is 0.258 e. The molecule has 9 nitrogen and oxygen atoms in total. The second-order valence-corrected chi connectivity index (χ2v) is 7.07. The fraction of sp³-hybridized carbons (Fsp3) is 0.0833. The molecule has 168 valence electrons. The van der Waals surface area contributed by atoms with Crippen molar-refractivity contribution >= 4 is 29.0 Å². The van der Waals surface area contributed by atoms with Gasteiger partial charge >= 0.3 is 0 Å². The molecule has 0 saturated carbocycles. The minimum Gasteiger partial charge on any atom is -0.496 e. The van der Waals surface area contributed by atoms with E-state index in [1.165, 1.54) is 12.4 Å². The van der Waals surface area contributed by atoms with E-state index >= 15 is 0 Å². The van der Waals surface area contributed by atoms with Crippen LogP contribution in [0.3, 0.4) is 0 Å². The summed E-state index contributed by atoms with van der Waals surface area (Å²) in [5, 5.41) is 12.6. The topological polar surface area (TPSA) is 161 Å². The molecule has 8 N–H and O–H groups in total. The number of ether oxygens (including phenoxy) is 1. The average molecular weight is 446 g/mol. The van der Waals surface area contributed by atoms with Crippen LogP contribution in [0.15, 0.2) is 78.6 Å². The summed E-state index contributed by atoms with van der Waals surface area (Å²) >= 11 is 0. The van der Waals surface area contributed by atoms with Gasteiger partial charge in [0.05, 0.1) is 18.4 Å². The fourth-order valence-electron chi connectivity index (χ4n) is 3.17. The number of amides is 2. The van der Waals surface area contributed by atoms with E-state index in [2.05, 4.69) is 10.3 Å². The van der Waals surface area contributed by atoms with E-state index in [1.54, 1.807) is 73.1 Å². The predicted molar refractivity (Wildman–Crippen MR) is 124 cm³/mol. The van der Waals surface area contributed by atoms with Gasteiger partial charge in [-0.1, -0.05) is 36.4 Å². The number of nitrogens with zero attached hydrogens (tertiary/aromatic N) is 1. The monoisotopic (exact) mass is 445 g/mol. The summed E-state index contributed by atoms with van der Waals surface area (Å²) < 4.78 is 5.22. The highest BCUT2D eigenvalue weighted by atomic mass is 16.5. The molecule has 3 rings (SSSR count). The molecule has 0 spiro atoms. The van der Waals surface area contributed by atoms with E-state index in [-0.39, 0.29) is 29.6 Å². The van der Waals surface area contributed by atoms with Crippen molar-refractivity contribution in [2.75, 3.05) is 7.11 Å². The number of hydrogen-bond donors (Lipinski definition) is 5. The normalized spacial score (nSPS) is 11.3. The number of primary amides is 1. The fourth-order valence-corrected chi connectivity index (χ4v) is 3.17. The minimum atomic E-state index is -0.795. The Balaban J connectivity index is 1.73. The molecule has 0 saturated heterocycles. The van der Waals surface area contributed by atoms with Crippen LogP contribution in [0.25, 0.3) is 5.70 Å². The third-order valence-corrected chi connectivity index (χ3v) is 4.87. The highest BCUT2D eigenvalue weighted by Gasteiger charge is 2.21. The van der Waals surface area contributed by atoms with Gasteiger partial charge in [0, 0.05) is 31.1 Å². The highest BCUT2D eigenvalue weighted by Crippen LogP contribution is 2.18. The minimum absolute atomic E-state index is 0.0796. The summed E-state index contributed by atoms with van der Waals surface area (Å²) in [4.78, 5) is 28.4. The summed E-state index contributed by atoms with van der Waals surface area (Å²) in [5.74, 6) is -0.657. The third-order valence-electron chi connectivity index (χ3n) is 4.87. The van der Waals surface area contributed by atoms with Gasteiger partial charge in [0.25, 0.3) is 11.8 Å². The largest absolute Gasteiger partial charge is 0.496 e. The Morgan fingerprint density at radius 1 is 1.03 bits per heavy atom. The van der Waals surface area contributed by atoms with Gasteiger partial charge in [-0.2, -0.15) is 0 Å². The maximum atomic E-state index is 12.5. The number of aromatic nitrogens is 1. The van der Waals surface area contributed by atoms with Crippen molar-refractivity contribution in [3.05, 3.63) is 95.3 Å². The number of nitrogens with one attached hydrogen (secondary N) is 2. The number of hydrogen-bond acceptors (Lipinski definition) is 6. The van der Waals surface area contributed by atoms with Crippen molar-refractivity contribution in [3.63, 3.8) is 0 Å². The van der Waals surface area contributed by atoms with E-state index in [9.17, 15) is 9.59 Å². The Morgan fingerprint density at radius 2 is 1.70 bits per heavy atom. The molecule has 2 amide bonds. The Hall–Kier alpha value is -4.50. The average Bonchev–Trinajstić information content (AvgIpc) is 2.83. The summed E-state index contributed by atoms with van der Waals surface area (Å²) in [6.07, 6.45) is 3.17. The van der Waals surface area contributed by atoms with Crippen molar-refractivity contribution in [1.29, 1.82) is 5.41 Å². The molecule has 0 bridgehead atoms. The van der Waals surface area contributed by atoms with Crippen molar-refractivity contribution in [2.45, 2.75) is 6.54 Å². The maximum absolute atomic E-state index is 12.5. The predicted octanol–water partition coefficient (Wildman–Crippen LogP) is 1.05. The zero-order chi connectivity index (χ0) is 23.8. The molecule has 1 aromatic heterocycles. The van der Waals surface area contributed by atoms with Crippen molar-refractivity contribution < 1.29 is 19.6 Å². The van der Waals surface area contributed by atoms with Crippen LogP contribution in [0.4, 0.5) is 5.69 Å². The lowest BCUT2D eigenvalue weighted by Gasteiger charge is -2.11. The number of para-hydroxylation sites is 1. The second-order valence-electron chi connectivity index (χ2n) is 7.07. The molecule has 2 aromatic carbocycles. The molecule has 3 aromatic rings. The van der Waals surface area contributed by atoms with Crippen LogP contribution in [-0.4, -0.2) is 29.7 Å². The van der Waals surface area contributed by atoms with Crippen LogP contribution in [-0.2, 0) is 11.3 Å². The highest BCUT2D eigenvalue weighted by molar-refractivity contribution is 6.21. The molecule has 0 radical (unpaired) electrons. The summed E-state index contributed by atoms with van der Waals surface area (Å²) in [5.41, 5.74) is 14.2. The molecule has 0 fully saturated rings. The van der Waals surface area contributed by atoms with Crippen LogP contribution < -0.4 is 26.8 Å². The molecular weight excluding hydrogens is 420 g/mol. The quantitative estimate of drug-likeness (QED) is 0.199. The first kappa shape index (κ1) is 23.2. The zero-order valence-electron chi connectivity index (χ0n) is 18.0. The molecule has 0 unspecified atom stereocenters. The number of nitrogens with two attached hydrogens (primary N) is 3. The van der Waals surface area contributed by atoms with Gasteiger partial charge in [-0.3, -0.25) is 19.9 Å². The first-order valence-electron chi connectivity index (χ1n) is 10.0. The first-order chi connectivity index (χ1) is 15.9. The molecule has 1 heterocycles. The van der Waals surface area contributed by atoms with Crippen LogP contribution in [0.1, 0.15) is 21.5 Å². The van der Waals surface area contributed by atoms with Gasteiger partial charge in [-0.25, -0.2) is 5.41 Å². The molecule has 33 heavy (non-hydrogen) atoms. The van der Waals surface area contributed by atoms with Crippen molar-refractivity contribution in [2.24, 2.45) is 11.5 Å². The molecular formula is C24H25N6O3+. The molecule has 0 aliphatic carbocycles. The number of carbonyl (C=O) groups is 2. The number of pyridine rings is 1. The van der Waals surface area contributed by atoms with Gasteiger partial charge < -0.3 is 21.5 Å². The number of amidine groups is 1. The van der Waals surface area contributed by atoms with E-state index in [0.717, 1.165) is 5.56 Å². The lowest BCUT2D eigenvalue weighted by atomic mass is 10.0. The van der Waals surface area contributed by atoms with Gasteiger partial charge in [0.1, 0.15) is 17.0 Å². The van der Waals surface area contributed by atoms with Crippen LogP contribution in [0.2, 0.25) is 0 Å². The Morgan fingerprint density at radius 3 is 2.33 bits per heavy atom. The molecule has 0 aliphatic heterocycles. The summed E-state index contributed by atoms with van der Waals surface area (Å²) in [6.45, 7) is 0.287. The summed E-state index contributed by atoms with van der Waals surface area (Å²) in [7, 11) is 1.51. The molecule has 0 atom stereocenters. The van der Waals surface area contributed by atoms with Crippen LogP contribution in [0, 0.1) is 5.41 Å². The second kappa shape index (κ2) is 10.7. The van der Waals surface area contributed by atoms with Gasteiger partial charge in [0.2, 0.25) is 5.84 Å². The number of quaternary nitrogens is 1. The lowest BCUT2D eigenvalue weighted by molar-refractivity contribution is -0.443. The van der Waals surface area contributed by atoms with Gasteiger partial charge in [-0.05, 0) is 23.3 Å². The van der Waals surface area contributed by atoms with E-state index in [4.69, 9.17) is 21.6 Å². The zero-order valence-corrected chi connectivity index (χ0v) is 18.0. The van der Waals surface area contributed by atoms with Gasteiger partial charge in [0.15, 0.2) is 0 Å². The number of carbonyl (C=O) groups excluding carboxylic acids is 2. The number of methoxy groups -OCH3 is 1. The SMILES string of the molecule is COc1ccccc1C(=O)NCc1ccc(C(N)=C(C(=N)[NH2+]c2ccncc2)C(N)=O)cc1. The lowest BCUT2D eigenvalue weighted by Crippen LogP contribution is -2.83. The Kier molecular flexibility index (Phi) is 7.51. The summed E-state index contributed by atoms with van der Waals surface area (Å²) in [6, 6.07) is 17.4. The standard InChI is InChI=1S/C24H24N6O3/c1-33-19-5-3-2-4-18(19)24(32)29-14-15-6-8-16(9-7-15)21(25)20(23(27)31)22(26)30-17-10-12-28-13-11-17/h2-13H,14,25H2,1H3,(H2,27,31)(H,29,32)(H2,26,28,30)/p+1. The van der Waals surface area contributed by atoms with E-state index < -0.39 is 5.91 Å². The van der Waals surface area contributed by atoms with Crippen molar-refractivity contribution in [3.8, 4) is 5.75 Å². The van der Waals surface area contributed by atoms with Crippen LogP contribution >= 0.6 is 0 Å². The smallest absolute Gasteiger partial charge is 0.258 e. The third kappa shape index (κ3) is 5.81. The number of benzene rings is 2. The van der Waals surface area contributed by atoms with Crippen LogP contribution in [0.5, 0.6) is 5.75 Å². The van der Waals surface area contributed by atoms with Gasteiger partial charge in [-0.15, -0.1) is 0 Å². The number of rotatable bonds is 8. The van der Waals surface area contributed by atoms with Crippen molar-refractivity contribution in [1.82, 2.24) is 10.3 Å². The molecule has 9 heteroatoms. The Labute approximate surface area is 191 Å². The Bertz CT molecular complexity index is 1190. The van der Waals surface area contributed by atoms with E-state index in [1.807, 2.05) is 0 Å².